The molecular weight excluding hydrogens is 1300 g/mol. The standard InChI is InChI=1S/C85H134N6S6/c1-7-12-17-22-27-32-37-42-47-52-57-93-75-63-69-68(62-74(75)92-6)86-80-81(87-69)83-85(91-73-67-79(97-61-56-51-46-41-36-31-26-21-16-11-5)78(66-72(73)89-83)96-60-55-50-45-40-35-30-25-20-15-10-4)84-82(80)88-70-64-76(94-58-53-48-43-38-33-28-23-18-13-8-2)77(65-71(70)90-84)95-59-54-49-44-39-34-29-24-19-14-9-3/h62-67H,7-61H2,1-6H3. The number of unbranched alkanes of at least 4 members (excludes halogenated alkanes) is 45. The summed E-state index contributed by atoms with van der Waals surface area (Å²) in [6, 6.07) is 14.1. The Morgan fingerprint density at radius 1 is 0.186 bits per heavy atom. The summed E-state index contributed by atoms with van der Waals surface area (Å²) in [5.41, 5.74) is 10.2. The molecule has 0 saturated carbocycles. The van der Waals surface area contributed by atoms with Crippen LogP contribution in [0.2, 0.25) is 0 Å². The van der Waals surface area contributed by atoms with Gasteiger partial charge in [-0.1, -0.05) is 324 Å². The number of thioether (sulfide) groups is 6. The van der Waals surface area contributed by atoms with Crippen LogP contribution in [-0.2, 0) is 0 Å². The van der Waals surface area contributed by atoms with Gasteiger partial charge in [0.25, 0.3) is 0 Å². The highest BCUT2D eigenvalue weighted by Crippen LogP contribution is 2.42. The Kier molecular flexibility index (Phi) is 43.9. The minimum absolute atomic E-state index is 0.772. The van der Waals surface area contributed by atoms with E-state index in [-0.39, 0.29) is 0 Å². The number of nitrogens with zero attached hydrogens (tertiary/aromatic N) is 6. The van der Waals surface area contributed by atoms with Crippen molar-refractivity contribution in [3.63, 3.8) is 0 Å². The van der Waals surface area contributed by atoms with Gasteiger partial charge in [-0.2, -0.15) is 0 Å². The maximum absolute atomic E-state index is 5.72. The largest absolute Gasteiger partial charge is 0.242 e. The van der Waals surface area contributed by atoms with Crippen molar-refractivity contribution >= 4 is 137 Å². The average molecular weight is 1430 g/mol. The van der Waals surface area contributed by atoms with Crippen LogP contribution in [0.25, 0.3) is 66.2 Å². The van der Waals surface area contributed by atoms with Crippen molar-refractivity contribution in [3.05, 3.63) is 36.4 Å². The minimum atomic E-state index is 0.772. The fraction of sp³-hybridized carbons (Fsp3) is 0.718. The zero-order valence-electron chi connectivity index (χ0n) is 62.5. The van der Waals surface area contributed by atoms with Gasteiger partial charge in [0.15, 0.2) is 0 Å². The molecule has 0 bridgehead atoms. The third kappa shape index (κ3) is 30.6. The zero-order valence-corrected chi connectivity index (χ0v) is 67.4. The molecule has 0 spiro atoms. The molecule has 0 aliphatic heterocycles. The molecule has 7 rings (SSSR count). The van der Waals surface area contributed by atoms with Gasteiger partial charge in [0.05, 0.1) is 33.1 Å². The number of rotatable bonds is 61. The summed E-state index contributed by atoms with van der Waals surface area (Å²) in [7, 11) is 0. The number of fused-ring (bicyclic) bond motifs is 9. The third-order valence-electron chi connectivity index (χ3n) is 19.9. The van der Waals surface area contributed by atoms with Crippen LogP contribution in [0, 0.1) is 0 Å². The molecule has 0 unspecified atom stereocenters. The summed E-state index contributed by atoms with van der Waals surface area (Å²) < 4.78 is 0. The molecular formula is C85H134N6S6. The molecule has 12 heteroatoms. The van der Waals surface area contributed by atoms with Crippen molar-refractivity contribution in [3.8, 4) is 0 Å². The first-order valence-electron chi connectivity index (χ1n) is 40.8. The van der Waals surface area contributed by atoms with Gasteiger partial charge in [0.1, 0.15) is 33.1 Å². The zero-order chi connectivity index (χ0) is 68.0. The predicted molar refractivity (Wildman–Crippen MR) is 443 cm³/mol. The summed E-state index contributed by atoms with van der Waals surface area (Å²) in [4.78, 5) is 42.1. The fourth-order valence-corrected chi connectivity index (χ4v) is 20.2. The van der Waals surface area contributed by atoms with Crippen molar-refractivity contribution in [1.29, 1.82) is 0 Å². The first kappa shape index (κ1) is 82.1. The second-order valence-electron chi connectivity index (χ2n) is 28.5. The molecule has 6 nitrogen and oxygen atoms in total. The molecule has 3 aromatic heterocycles. The van der Waals surface area contributed by atoms with Gasteiger partial charge < -0.3 is 0 Å². The van der Waals surface area contributed by atoms with Gasteiger partial charge in [0.2, 0.25) is 0 Å². The molecule has 0 amide bonds. The first-order chi connectivity index (χ1) is 48.0. The summed E-state index contributed by atoms with van der Waals surface area (Å²) in [6.07, 6.45) is 70.0. The van der Waals surface area contributed by atoms with Crippen LogP contribution in [-0.4, -0.2) is 64.9 Å². The van der Waals surface area contributed by atoms with Gasteiger partial charge in [0, 0.05) is 29.4 Å². The molecule has 0 atom stereocenters. The summed E-state index contributed by atoms with van der Waals surface area (Å²) in [5, 5.41) is 0. The Morgan fingerprint density at radius 2 is 0.320 bits per heavy atom. The first-order valence-corrected chi connectivity index (χ1v) is 46.9. The molecule has 0 saturated heterocycles. The normalized spacial score (nSPS) is 12.1. The van der Waals surface area contributed by atoms with E-state index in [1.54, 1.807) is 0 Å². The quantitative estimate of drug-likeness (QED) is 0.0158. The molecule has 3 heterocycles. The van der Waals surface area contributed by atoms with Crippen LogP contribution >= 0.6 is 70.6 Å². The highest BCUT2D eigenvalue weighted by molar-refractivity contribution is 8.03. The molecule has 0 radical (unpaired) electrons. The SMILES string of the molecule is CCCCCCCCCCCCSc1cc2nc3c(nc2cc1SC)c1nc2cc(SCCCCCCCCCCCC)c(SCCCCCCCCCCCC)cc2nc1c1nc2cc(SCCCCCCCCCCCC)c(SCCCCCCCCCCCC)cc2nc31. The summed E-state index contributed by atoms with van der Waals surface area (Å²) in [5.74, 6) is 5.61. The lowest BCUT2D eigenvalue weighted by molar-refractivity contribution is 0.563. The van der Waals surface area contributed by atoms with Crippen LogP contribution in [0.4, 0.5) is 0 Å². The maximum Gasteiger partial charge on any atom is 0.120 e. The Labute approximate surface area is 618 Å². The third-order valence-corrected chi connectivity index (χ3v) is 26.7. The van der Waals surface area contributed by atoms with Gasteiger partial charge in [-0.25, -0.2) is 29.9 Å². The topological polar surface area (TPSA) is 77.3 Å². The number of aromatic nitrogens is 6. The van der Waals surface area contributed by atoms with Crippen LogP contribution in [0.15, 0.2) is 65.8 Å². The highest BCUT2D eigenvalue weighted by atomic mass is 32.2. The van der Waals surface area contributed by atoms with Crippen molar-refractivity contribution < 1.29 is 0 Å². The monoisotopic (exact) mass is 1430 g/mol. The van der Waals surface area contributed by atoms with E-state index in [1.807, 2.05) is 70.6 Å². The average Bonchev–Trinajstić information content (AvgIpc) is 0.719. The minimum Gasteiger partial charge on any atom is -0.242 e. The molecule has 0 aliphatic rings. The molecule has 540 valence electrons. The van der Waals surface area contributed by atoms with Crippen molar-refractivity contribution in [2.75, 3.05) is 35.0 Å². The van der Waals surface area contributed by atoms with Crippen LogP contribution in [0.5, 0.6) is 0 Å². The van der Waals surface area contributed by atoms with Crippen molar-refractivity contribution in [1.82, 2.24) is 29.9 Å². The fourth-order valence-electron chi connectivity index (χ4n) is 13.8. The van der Waals surface area contributed by atoms with E-state index in [0.717, 1.165) is 95.0 Å². The van der Waals surface area contributed by atoms with E-state index in [2.05, 4.69) is 77.3 Å². The van der Waals surface area contributed by atoms with Gasteiger partial charge in [-0.05, 0) is 104 Å². The molecule has 0 aliphatic carbocycles. The van der Waals surface area contributed by atoms with Crippen molar-refractivity contribution in [2.24, 2.45) is 0 Å². The van der Waals surface area contributed by atoms with E-state index in [1.165, 1.54) is 350 Å². The Balaban J connectivity index is 1.23. The Bertz CT molecular complexity index is 3170. The summed E-state index contributed by atoms with van der Waals surface area (Å²) >= 11 is 12.0. The lowest BCUT2D eigenvalue weighted by Crippen LogP contribution is -2.00. The molecule has 7 aromatic rings. The van der Waals surface area contributed by atoms with Crippen LogP contribution in [0.1, 0.15) is 356 Å². The van der Waals surface area contributed by atoms with Crippen molar-refractivity contribution in [2.45, 2.75) is 385 Å². The molecule has 0 fully saturated rings. The Hall–Kier alpha value is -2.22. The lowest BCUT2D eigenvalue weighted by atomic mass is 10.1. The van der Waals surface area contributed by atoms with Crippen LogP contribution < -0.4 is 0 Å². The predicted octanol–water partition coefficient (Wildman–Crippen LogP) is 30.8. The highest BCUT2D eigenvalue weighted by Gasteiger charge is 2.22. The number of benzene rings is 4. The van der Waals surface area contributed by atoms with Gasteiger partial charge in [-0.15, -0.1) is 70.6 Å². The van der Waals surface area contributed by atoms with Gasteiger partial charge >= 0.3 is 0 Å². The number of hydrogen-bond acceptors (Lipinski definition) is 12. The maximum atomic E-state index is 5.72. The van der Waals surface area contributed by atoms with E-state index in [9.17, 15) is 0 Å². The smallest absolute Gasteiger partial charge is 0.120 e. The van der Waals surface area contributed by atoms with E-state index in [0.29, 0.717) is 0 Å². The second-order valence-corrected chi connectivity index (χ2v) is 35.0. The number of hydrogen-bond donors (Lipinski definition) is 0. The molecule has 4 aromatic carbocycles. The van der Waals surface area contributed by atoms with E-state index in [4.69, 9.17) is 29.9 Å². The van der Waals surface area contributed by atoms with E-state index >= 15 is 0 Å². The Morgan fingerprint density at radius 3 is 0.474 bits per heavy atom. The lowest BCUT2D eigenvalue weighted by Gasteiger charge is -2.15. The van der Waals surface area contributed by atoms with Gasteiger partial charge in [-0.3, -0.25) is 0 Å². The molecule has 0 N–H and O–H groups in total. The molecule has 97 heavy (non-hydrogen) atoms. The van der Waals surface area contributed by atoms with Crippen LogP contribution in [0.3, 0.4) is 0 Å². The summed E-state index contributed by atoms with van der Waals surface area (Å²) in [6.45, 7) is 11.6. The van der Waals surface area contributed by atoms with E-state index < -0.39 is 0 Å². The second kappa shape index (κ2) is 51.8.